The van der Waals surface area contributed by atoms with Gasteiger partial charge in [0.1, 0.15) is 11.5 Å². The van der Waals surface area contributed by atoms with Crippen LogP contribution in [0.5, 0.6) is 0 Å². The second-order valence-electron chi connectivity index (χ2n) is 5.83. The van der Waals surface area contributed by atoms with Crippen molar-refractivity contribution in [2.45, 2.75) is 51.6 Å². The van der Waals surface area contributed by atoms with Gasteiger partial charge in [0.15, 0.2) is 0 Å². The van der Waals surface area contributed by atoms with Crippen LogP contribution in [0.4, 0.5) is 0 Å². The molecular formula is C18H23NO. The van der Waals surface area contributed by atoms with E-state index in [1.165, 1.54) is 36.8 Å². The van der Waals surface area contributed by atoms with Gasteiger partial charge < -0.3 is 9.73 Å². The molecule has 0 bridgehead atoms. The molecule has 1 heterocycles. The molecule has 2 aromatic rings. The lowest BCUT2D eigenvalue weighted by Crippen LogP contribution is -2.24. The number of hydrogen-bond acceptors (Lipinski definition) is 2. The minimum atomic E-state index is 0.250. The molecule has 2 atom stereocenters. The van der Waals surface area contributed by atoms with Gasteiger partial charge in [0, 0.05) is 6.04 Å². The van der Waals surface area contributed by atoms with Gasteiger partial charge in [-0.25, -0.2) is 0 Å². The topological polar surface area (TPSA) is 25.2 Å². The van der Waals surface area contributed by atoms with Crippen molar-refractivity contribution < 1.29 is 4.42 Å². The zero-order chi connectivity index (χ0) is 13.9. The first kappa shape index (κ1) is 13.4. The molecule has 1 N–H and O–H groups in total. The predicted octanol–water partition coefficient (Wildman–Crippen LogP) is 4.71. The smallest absolute Gasteiger partial charge is 0.120 e. The molecule has 0 radical (unpaired) electrons. The van der Waals surface area contributed by atoms with Gasteiger partial charge in [-0.1, -0.05) is 30.7 Å². The minimum Gasteiger partial charge on any atom is -0.465 e. The molecule has 3 rings (SSSR count). The first-order chi connectivity index (χ1) is 9.74. The molecule has 2 unspecified atom stereocenters. The maximum absolute atomic E-state index is 5.74. The molecule has 2 heteroatoms. The Labute approximate surface area is 121 Å². The SMILES string of the molecule is Cc1ccc(C(C)NC2CCCCc3ccccc32)o1. The highest BCUT2D eigenvalue weighted by atomic mass is 16.3. The van der Waals surface area contributed by atoms with Gasteiger partial charge in [-0.2, -0.15) is 0 Å². The number of benzene rings is 1. The molecule has 1 aliphatic rings. The van der Waals surface area contributed by atoms with Gasteiger partial charge >= 0.3 is 0 Å². The zero-order valence-corrected chi connectivity index (χ0v) is 12.4. The summed E-state index contributed by atoms with van der Waals surface area (Å²) in [6, 6.07) is 13.7. The van der Waals surface area contributed by atoms with Crippen molar-refractivity contribution in [3.63, 3.8) is 0 Å². The molecule has 0 saturated heterocycles. The van der Waals surface area contributed by atoms with Crippen LogP contribution in [-0.2, 0) is 6.42 Å². The Morgan fingerprint density at radius 2 is 2.00 bits per heavy atom. The predicted molar refractivity (Wildman–Crippen MR) is 81.7 cm³/mol. The van der Waals surface area contributed by atoms with Crippen molar-refractivity contribution in [2.24, 2.45) is 0 Å². The number of furan rings is 1. The van der Waals surface area contributed by atoms with Crippen LogP contribution >= 0.6 is 0 Å². The number of aryl methyl sites for hydroxylation is 2. The van der Waals surface area contributed by atoms with E-state index in [1.54, 1.807) is 0 Å². The van der Waals surface area contributed by atoms with Crippen molar-refractivity contribution >= 4 is 0 Å². The third-order valence-corrected chi connectivity index (χ3v) is 4.26. The summed E-state index contributed by atoms with van der Waals surface area (Å²) in [7, 11) is 0. The van der Waals surface area contributed by atoms with Gasteiger partial charge in [0.2, 0.25) is 0 Å². The Kier molecular flexibility index (Phi) is 3.93. The van der Waals surface area contributed by atoms with Crippen LogP contribution in [0, 0.1) is 6.92 Å². The third-order valence-electron chi connectivity index (χ3n) is 4.26. The molecule has 0 saturated carbocycles. The molecule has 106 valence electrons. The Bertz CT molecular complexity index is 572. The lowest BCUT2D eigenvalue weighted by Gasteiger charge is -2.23. The molecule has 2 nitrogen and oxygen atoms in total. The average molecular weight is 269 g/mol. The summed E-state index contributed by atoms with van der Waals surface area (Å²) in [5.41, 5.74) is 2.98. The first-order valence-corrected chi connectivity index (χ1v) is 7.64. The molecular weight excluding hydrogens is 246 g/mol. The fraction of sp³-hybridized carbons (Fsp3) is 0.444. The first-order valence-electron chi connectivity index (χ1n) is 7.64. The van der Waals surface area contributed by atoms with Gasteiger partial charge in [-0.15, -0.1) is 0 Å². The highest BCUT2D eigenvalue weighted by Gasteiger charge is 2.21. The van der Waals surface area contributed by atoms with E-state index in [0.717, 1.165) is 11.5 Å². The Morgan fingerprint density at radius 3 is 2.80 bits per heavy atom. The second kappa shape index (κ2) is 5.84. The lowest BCUT2D eigenvalue weighted by atomic mass is 9.98. The van der Waals surface area contributed by atoms with Crippen LogP contribution in [0.15, 0.2) is 40.8 Å². The fourth-order valence-electron chi connectivity index (χ4n) is 3.16. The third kappa shape index (κ3) is 2.80. The molecule has 0 fully saturated rings. The van der Waals surface area contributed by atoms with E-state index < -0.39 is 0 Å². The molecule has 1 aromatic carbocycles. The Morgan fingerprint density at radius 1 is 1.15 bits per heavy atom. The maximum atomic E-state index is 5.74. The summed E-state index contributed by atoms with van der Waals surface area (Å²) >= 11 is 0. The zero-order valence-electron chi connectivity index (χ0n) is 12.4. The summed E-state index contributed by atoms with van der Waals surface area (Å²) in [4.78, 5) is 0. The molecule has 1 aliphatic carbocycles. The minimum absolute atomic E-state index is 0.250. The monoisotopic (exact) mass is 269 g/mol. The Hall–Kier alpha value is -1.54. The molecule has 20 heavy (non-hydrogen) atoms. The van der Waals surface area contributed by atoms with Crippen molar-refractivity contribution in [2.75, 3.05) is 0 Å². The maximum Gasteiger partial charge on any atom is 0.120 e. The van der Waals surface area contributed by atoms with Crippen LogP contribution in [0.2, 0.25) is 0 Å². The fourth-order valence-corrected chi connectivity index (χ4v) is 3.16. The summed E-state index contributed by atoms with van der Waals surface area (Å²) in [6.07, 6.45) is 5.00. The van der Waals surface area contributed by atoms with Crippen molar-refractivity contribution in [3.8, 4) is 0 Å². The van der Waals surface area contributed by atoms with Crippen LogP contribution in [0.3, 0.4) is 0 Å². The van der Waals surface area contributed by atoms with Crippen LogP contribution in [-0.4, -0.2) is 0 Å². The molecule has 0 aliphatic heterocycles. The van der Waals surface area contributed by atoms with E-state index in [9.17, 15) is 0 Å². The van der Waals surface area contributed by atoms with Crippen molar-refractivity contribution in [1.82, 2.24) is 5.32 Å². The van der Waals surface area contributed by atoms with Gasteiger partial charge in [0.25, 0.3) is 0 Å². The summed E-state index contributed by atoms with van der Waals surface area (Å²) in [5, 5.41) is 3.75. The Balaban J connectivity index is 1.80. The number of rotatable bonds is 3. The van der Waals surface area contributed by atoms with Gasteiger partial charge in [-0.05, 0) is 56.4 Å². The largest absolute Gasteiger partial charge is 0.465 e. The van der Waals surface area contributed by atoms with Gasteiger partial charge in [0.05, 0.1) is 6.04 Å². The molecule has 0 amide bonds. The number of fused-ring (bicyclic) bond motifs is 1. The van der Waals surface area contributed by atoms with Gasteiger partial charge in [-0.3, -0.25) is 0 Å². The second-order valence-corrected chi connectivity index (χ2v) is 5.83. The van der Waals surface area contributed by atoms with Crippen molar-refractivity contribution in [3.05, 3.63) is 59.0 Å². The standard InChI is InChI=1S/C18H23NO/c1-13-11-12-18(20-13)14(2)19-17-10-6-4-8-15-7-3-5-9-16(15)17/h3,5,7,9,11-12,14,17,19H,4,6,8,10H2,1-2H3. The van der Waals surface area contributed by atoms with Crippen LogP contribution in [0.25, 0.3) is 0 Å². The molecule has 0 spiro atoms. The van der Waals surface area contributed by atoms with E-state index in [4.69, 9.17) is 4.42 Å². The normalized spacial score (nSPS) is 20.2. The van der Waals surface area contributed by atoms with E-state index in [1.807, 2.05) is 13.0 Å². The lowest BCUT2D eigenvalue weighted by molar-refractivity contribution is 0.371. The summed E-state index contributed by atoms with van der Waals surface area (Å²) < 4.78 is 5.74. The number of nitrogens with one attached hydrogen (secondary N) is 1. The summed E-state index contributed by atoms with van der Waals surface area (Å²) in [6.45, 7) is 4.18. The summed E-state index contributed by atoms with van der Waals surface area (Å²) in [5.74, 6) is 2.01. The van der Waals surface area contributed by atoms with E-state index >= 15 is 0 Å². The highest BCUT2D eigenvalue weighted by molar-refractivity contribution is 5.31. The quantitative estimate of drug-likeness (QED) is 0.817. The highest BCUT2D eigenvalue weighted by Crippen LogP contribution is 2.30. The number of hydrogen-bond donors (Lipinski definition) is 1. The van der Waals surface area contributed by atoms with E-state index in [0.29, 0.717) is 6.04 Å². The van der Waals surface area contributed by atoms with Crippen LogP contribution in [0.1, 0.15) is 60.9 Å². The van der Waals surface area contributed by atoms with Crippen LogP contribution < -0.4 is 5.32 Å². The van der Waals surface area contributed by atoms with Crippen molar-refractivity contribution in [1.29, 1.82) is 0 Å². The van der Waals surface area contributed by atoms with E-state index in [2.05, 4.69) is 42.6 Å². The van der Waals surface area contributed by atoms with E-state index in [-0.39, 0.29) is 6.04 Å². The average Bonchev–Trinajstić information content (AvgIpc) is 2.79. The molecule has 1 aromatic heterocycles.